The van der Waals surface area contributed by atoms with Crippen LogP contribution >= 0.6 is 11.6 Å². The summed E-state index contributed by atoms with van der Waals surface area (Å²) < 4.78 is 27.5. The number of halogens is 2. The topological polar surface area (TPSA) is 52.6 Å². The Balaban J connectivity index is 2.39. The number of Topliss-reactive ketones (excluding diaryl/α,β-unsaturated/α-hetero) is 1. The summed E-state index contributed by atoms with van der Waals surface area (Å²) in [6.07, 6.45) is 0.485. The molecule has 164 valence electrons. The van der Waals surface area contributed by atoms with Crippen molar-refractivity contribution < 1.29 is 23.5 Å². The molecule has 1 heterocycles. The Kier molecular flexibility index (Phi) is 6.14. The van der Waals surface area contributed by atoms with E-state index < -0.39 is 28.8 Å². The largest absolute Gasteiger partial charge is 0.427 e. The van der Waals surface area contributed by atoms with Crippen LogP contribution < -0.4 is 0 Å². The molecule has 0 radical (unpaired) electrons. The van der Waals surface area contributed by atoms with Crippen LogP contribution in [-0.2, 0) is 25.5 Å². The van der Waals surface area contributed by atoms with Crippen LogP contribution in [-0.4, -0.2) is 23.0 Å². The van der Waals surface area contributed by atoms with Gasteiger partial charge in [0.25, 0.3) is 0 Å². The molecule has 0 unspecified atom stereocenters. The Morgan fingerprint density at radius 1 is 1.06 bits per heavy atom. The van der Waals surface area contributed by atoms with Crippen LogP contribution in [0.4, 0.5) is 4.39 Å². The molecule has 0 aromatic heterocycles. The van der Waals surface area contributed by atoms with E-state index in [4.69, 9.17) is 21.1 Å². The van der Waals surface area contributed by atoms with E-state index in [1.165, 1.54) is 6.92 Å². The number of carbonyl (C=O) groups is 2. The van der Waals surface area contributed by atoms with E-state index >= 15 is 4.39 Å². The monoisotopic (exact) mass is 444 g/mol. The molecule has 6 heteroatoms. The summed E-state index contributed by atoms with van der Waals surface area (Å²) in [5.74, 6) is -1.58. The van der Waals surface area contributed by atoms with Crippen molar-refractivity contribution in [3.8, 4) is 11.1 Å². The van der Waals surface area contributed by atoms with Crippen LogP contribution in [0.3, 0.4) is 0 Å². The predicted molar refractivity (Wildman–Crippen MR) is 119 cm³/mol. The SMILES string of the molecule is CCc1ccc(-c2ccc(Cl)cc2)c(F)c1C1=C(OC(C)=O)C(C)(C)OC(C)(C)C1=O. The first-order valence-electron chi connectivity index (χ1n) is 10.1. The molecular formula is C25H26ClFO4. The number of esters is 1. The number of aryl methyl sites for hydroxylation is 1. The molecule has 2 aromatic rings. The van der Waals surface area contributed by atoms with E-state index in [0.717, 1.165) is 0 Å². The van der Waals surface area contributed by atoms with Gasteiger partial charge in [-0.15, -0.1) is 0 Å². The second kappa shape index (κ2) is 8.21. The van der Waals surface area contributed by atoms with Crippen molar-refractivity contribution >= 4 is 28.9 Å². The number of rotatable bonds is 4. The first kappa shape index (κ1) is 23.2. The quantitative estimate of drug-likeness (QED) is 0.531. The Labute approximate surface area is 187 Å². The minimum Gasteiger partial charge on any atom is -0.427 e. The van der Waals surface area contributed by atoms with Gasteiger partial charge in [-0.25, -0.2) is 4.39 Å². The van der Waals surface area contributed by atoms with Crippen molar-refractivity contribution in [2.45, 2.75) is 59.2 Å². The zero-order valence-corrected chi connectivity index (χ0v) is 19.3. The number of benzene rings is 2. The van der Waals surface area contributed by atoms with Crippen LogP contribution in [0.15, 0.2) is 42.2 Å². The molecule has 3 rings (SSSR count). The molecule has 0 spiro atoms. The van der Waals surface area contributed by atoms with Crippen LogP contribution in [0, 0.1) is 5.82 Å². The third-order valence-corrected chi connectivity index (χ3v) is 5.57. The van der Waals surface area contributed by atoms with Crippen molar-refractivity contribution in [2.75, 3.05) is 0 Å². The third kappa shape index (κ3) is 4.30. The van der Waals surface area contributed by atoms with E-state index in [1.54, 1.807) is 64.1 Å². The molecule has 1 aliphatic heterocycles. The molecule has 0 amide bonds. The maximum atomic E-state index is 16.1. The van der Waals surface area contributed by atoms with Gasteiger partial charge >= 0.3 is 5.97 Å². The van der Waals surface area contributed by atoms with Crippen molar-refractivity contribution in [3.63, 3.8) is 0 Å². The summed E-state index contributed by atoms with van der Waals surface area (Å²) in [5.41, 5.74) is -0.576. The fourth-order valence-electron chi connectivity index (χ4n) is 4.01. The number of ether oxygens (including phenoxy) is 2. The summed E-state index contributed by atoms with van der Waals surface area (Å²) in [6, 6.07) is 10.3. The molecular weight excluding hydrogens is 419 g/mol. The Morgan fingerprint density at radius 3 is 2.23 bits per heavy atom. The Bertz CT molecular complexity index is 1080. The lowest BCUT2D eigenvalue weighted by Gasteiger charge is -2.42. The lowest BCUT2D eigenvalue weighted by Crippen LogP contribution is -2.50. The Morgan fingerprint density at radius 2 is 1.68 bits per heavy atom. The van der Waals surface area contributed by atoms with E-state index in [0.29, 0.717) is 28.1 Å². The normalized spacial score (nSPS) is 17.6. The van der Waals surface area contributed by atoms with Crippen molar-refractivity contribution in [2.24, 2.45) is 0 Å². The van der Waals surface area contributed by atoms with E-state index in [1.807, 2.05) is 6.92 Å². The van der Waals surface area contributed by atoms with Crippen molar-refractivity contribution in [1.82, 2.24) is 0 Å². The standard InChI is InChI=1S/C25H26ClFO4/c1-7-15-10-13-18(16-8-11-17(26)12-9-16)21(27)19(15)20-22(29)24(3,4)31-25(5,6)23(20)30-14(2)28/h8-13H,7H2,1-6H3. The summed E-state index contributed by atoms with van der Waals surface area (Å²) in [6.45, 7) is 9.79. The van der Waals surface area contributed by atoms with E-state index in [-0.39, 0.29) is 16.9 Å². The molecule has 31 heavy (non-hydrogen) atoms. The number of hydrogen-bond donors (Lipinski definition) is 0. The third-order valence-electron chi connectivity index (χ3n) is 5.32. The van der Waals surface area contributed by atoms with Gasteiger partial charge in [0.15, 0.2) is 11.5 Å². The van der Waals surface area contributed by atoms with E-state index in [9.17, 15) is 9.59 Å². The first-order chi connectivity index (χ1) is 14.4. The van der Waals surface area contributed by atoms with Crippen LogP contribution in [0.5, 0.6) is 0 Å². The molecule has 0 saturated carbocycles. The van der Waals surface area contributed by atoms with Crippen molar-refractivity contribution in [3.05, 3.63) is 64.1 Å². The highest BCUT2D eigenvalue weighted by Crippen LogP contribution is 2.44. The lowest BCUT2D eigenvalue weighted by atomic mass is 9.80. The lowest BCUT2D eigenvalue weighted by molar-refractivity contribution is -0.165. The number of hydrogen-bond acceptors (Lipinski definition) is 4. The fraction of sp³-hybridized carbons (Fsp3) is 0.360. The molecule has 0 saturated heterocycles. The van der Waals surface area contributed by atoms with Crippen LogP contribution in [0.2, 0.25) is 5.02 Å². The zero-order chi connectivity index (χ0) is 23.1. The molecule has 0 N–H and O–H groups in total. The summed E-state index contributed by atoms with van der Waals surface area (Å²) in [7, 11) is 0. The molecule has 0 atom stereocenters. The highest BCUT2D eigenvalue weighted by molar-refractivity contribution is 6.30. The van der Waals surface area contributed by atoms with Crippen LogP contribution in [0.25, 0.3) is 16.7 Å². The molecule has 4 nitrogen and oxygen atoms in total. The van der Waals surface area contributed by atoms with Crippen LogP contribution in [0.1, 0.15) is 52.7 Å². The van der Waals surface area contributed by atoms with Gasteiger partial charge in [-0.3, -0.25) is 9.59 Å². The minimum atomic E-state index is -1.23. The highest BCUT2D eigenvalue weighted by Gasteiger charge is 2.49. The highest BCUT2D eigenvalue weighted by atomic mass is 35.5. The second-order valence-corrected chi connectivity index (χ2v) is 9.01. The predicted octanol–water partition coefficient (Wildman–Crippen LogP) is 6.14. The van der Waals surface area contributed by atoms with Gasteiger partial charge in [0.05, 0.1) is 5.57 Å². The summed E-state index contributed by atoms with van der Waals surface area (Å²) in [4.78, 5) is 25.4. The van der Waals surface area contributed by atoms with Crippen molar-refractivity contribution in [1.29, 1.82) is 0 Å². The molecule has 0 bridgehead atoms. The molecule has 0 fully saturated rings. The first-order valence-corrected chi connectivity index (χ1v) is 10.5. The maximum absolute atomic E-state index is 16.1. The average Bonchev–Trinajstić information content (AvgIpc) is 2.67. The van der Waals surface area contributed by atoms with Gasteiger partial charge in [0.2, 0.25) is 0 Å². The number of ketones is 1. The van der Waals surface area contributed by atoms with Gasteiger partial charge in [-0.1, -0.05) is 42.8 Å². The average molecular weight is 445 g/mol. The summed E-state index contributed by atoms with van der Waals surface area (Å²) >= 11 is 5.98. The summed E-state index contributed by atoms with van der Waals surface area (Å²) in [5, 5.41) is 0.539. The Hall–Kier alpha value is -2.50. The van der Waals surface area contributed by atoms with Gasteiger partial charge < -0.3 is 9.47 Å². The molecule has 0 aliphatic carbocycles. The smallest absolute Gasteiger partial charge is 0.307 e. The van der Waals surface area contributed by atoms with Gasteiger partial charge in [-0.2, -0.15) is 0 Å². The van der Waals surface area contributed by atoms with Gasteiger partial charge in [-0.05, 0) is 57.4 Å². The second-order valence-electron chi connectivity index (χ2n) is 8.57. The van der Waals surface area contributed by atoms with E-state index in [2.05, 4.69) is 0 Å². The molecule has 1 aliphatic rings. The molecule has 2 aromatic carbocycles. The zero-order valence-electron chi connectivity index (χ0n) is 18.6. The van der Waals surface area contributed by atoms with Gasteiger partial charge in [0, 0.05) is 23.1 Å². The number of carbonyl (C=O) groups excluding carboxylic acids is 2. The van der Waals surface area contributed by atoms with Gasteiger partial charge in [0.1, 0.15) is 17.0 Å². The minimum absolute atomic E-state index is 0.0196. The fourth-order valence-corrected chi connectivity index (χ4v) is 4.14. The maximum Gasteiger partial charge on any atom is 0.307 e.